The Morgan fingerprint density at radius 2 is 1.68 bits per heavy atom. The van der Waals surface area contributed by atoms with Crippen molar-refractivity contribution in [3.8, 4) is 11.4 Å². The average molecular weight is 418 g/mol. The fraction of sp³-hybridized carbons (Fsp3) is 0.292. The van der Waals surface area contributed by atoms with Gasteiger partial charge in [-0.15, -0.1) is 5.10 Å². The van der Waals surface area contributed by atoms with E-state index >= 15 is 0 Å². The number of piperazine rings is 1. The third-order valence-corrected chi connectivity index (χ3v) is 5.58. The summed E-state index contributed by atoms with van der Waals surface area (Å²) in [5.74, 6) is 1.38. The van der Waals surface area contributed by atoms with Gasteiger partial charge in [0.15, 0.2) is 6.61 Å². The quantitative estimate of drug-likeness (QED) is 0.637. The van der Waals surface area contributed by atoms with E-state index in [1.54, 1.807) is 17.0 Å². The molecule has 0 aliphatic carbocycles. The highest BCUT2D eigenvalue weighted by atomic mass is 16.5. The number of aromatic nitrogens is 2. The predicted molar refractivity (Wildman–Crippen MR) is 120 cm³/mol. The maximum atomic E-state index is 12.5. The highest BCUT2D eigenvalue weighted by Gasteiger charge is 2.22. The van der Waals surface area contributed by atoms with E-state index in [0.29, 0.717) is 31.9 Å². The molecule has 7 heteroatoms. The van der Waals surface area contributed by atoms with Crippen LogP contribution in [0.5, 0.6) is 5.75 Å². The van der Waals surface area contributed by atoms with Crippen molar-refractivity contribution in [1.29, 1.82) is 0 Å². The molecule has 1 amide bonds. The van der Waals surface area contributed by atoms with Crippen molar-refractivity contribution in [3.63, 3.8) is 0 Å². The number of para-hydroxylation sites is 1. The smallest absolute Gasteiger partial charge is 0.271 e. The lowest BCUT2D eigenvalue weighted by molar-refractivity contribution is -0.133. The maximum Gasteiger partial charge on any atom is 0.271 e. The summed E-state index contributed by atoms with van der Waals surface area (Å²) >= 11 is 0. The molecule has 0 spiro atoms. The minimum absolute atomic E-state index is 0.0277. The zero-order chi connectivity index (χ0) is 21.8. The molecule has 0 unspecified atom stereocenters. The fourth-order valence-electron chi connectivity index (χ4n) is 3.55. The standard InChI is InChI=1S/C24H26N4O3/c1-18-8-9-20(16-19(18)2)28-23(29)11-10-22(25-28)26-12-14-27(15-13-26)24(30)17-31-21-6-4-3-5-7-21/h3-11,16H,12-15,17H2,1-2H3. The number of hydrogen-bond acceptors (Lipinski definition) is 5. The van der Waals surface area contributed by atoms with Crippen molar-refractivity contribution in [3.05, 3.63) is 82.1 Å². The molecule has 160 valence electrons. The Bertz CT molecular complexity index is 1120. The number of ether oxygens (including phenoxy) is 1. The van der Waals surface area contributed by atoms with Gasteiger partial charge >= 0.3 is 0 Å². The Morgan fingerprint density at radius 1 is 0.935 bits per heavy atom. The number of anilines is 1. The van der Waals surface area contributed by atoms with Crippen LogP contribution < -0.4 is 15.2 Å². The second kappa shape index (κ2) is 9.04. The lowest BCUT2D eigenvalue weighted by Crippen LogP contribution is -2.50. The summed E-state index contributed by atoms with van der Waals surface area (Å²) in [6.07, 6.45) is 0. The van der Waals surface area contributed by atoms with Gasteiger partial charge < -0.3 is 14.5 Å². The van der Waals surface area contributed by atoms with Crippen molar-refractivity contribution >= 4 is 11.7 Å². The van der Waals surface area contributed by atoms with Gasteiger partial charge in [-0.2, -0.15) is 4.68 Å². The summed E-state index contributed by atoms with van der Waals surface area (Å²) in [7, 11) is 0. The molecule has 0 N–H and O–H groups in total. The normalized spacial score (nSPS) is 13.9. The number of rotatable bonds is 5. The van der Waals surface area contributed by atoms with Crippen LogP contribution in [0.4, 0.5) is 5.82 Å². The molecule has 31 heavy (non-hydrogen) atoms. The number of amides is 1. The zero-order valence-corrected chi connectivity index (χ0v) is 17.8. The van der Waals surface area contributed by atoms with Crippen molar-refractivity contribution in [2.45, 2.75) is 13.8 Å². The number of benzene rings is 2. The van der Waals surface area contributed by atoms with Crippen LogP contribution >= 0.6 is 0 Å². The van der Waals surface area contributed by atoms with Crippen molar-refractivity contribution < 1.29 is 9.53 Å². The van der Waals surface area contributed by atoms with Crippen LogP contribution in [-0.2, 0) is 4.79 Å². The monoisotopic (exact) mass is 418 g/mol. The summed E-state index contributed by atoms with van der Waals surface area (Å²) < 4.78 is 7.01. The van der Waals surface area contributed by atoms with Crippen LogP contribution in [0, 0.1) is 13.8 Å². The fourth-order valence-corrected chi connectivity index (χ4v) is 3.55. The molecule has 4 rings (SSSR count). The zero-order valence-electron chi connectivity index (χ0n) is 17.8. The van der Waals surface area contributed by atoms with Crippen molar-refractivity contribution in [2.24, 2.45) is 0 Å². The first-order valence-corrected chi connectivity index (χ1v) is 10.4. The van der Waals surface area contributed by atoms with E-state index in [1.807, 2.05) is 62.4 Å². The number of carbonyl (C=O) groups excluding carboxylic acids is 1. The van der Waals surface area contributed by atoms with Crippen LogP contribution in [0.1, 0.15) is 11.1 Å². The SMILES string of the molecule is Cc1ccc(-n2nc(N3CCN(C(=O)COc4ccccc4)CC3)ccc2=O)cc1C. The van der Waals surface area contributed by atoms with Crippen molar-refractivity contribution in [1.82, 2.24) is 14.7 Å². The van der Waals surface area contributed by atoms with Gasteiger partial charge in [-0.1, -0.05) is 24.3 Å². The predicted octanol–water partition coefficient (Wildman–Crippen LogP) is 2.58. The Labute approximate surface area is 181 Å². The second-order valence-corrected chi connectivity index (χ2v) is 7.68. The van der Waals surface area contributed by atoms with E-state index in [4.69, 9.17) is 4.74 Å². The summed E-state index contributed by atoms with van der Waals surface area (Å²) in [5.41, 5.74) is 2.87. The maximum absolute atomic E-state index is 12.5. The van der Waals surface area contributed by atoms with E-state index in [2.05, 4.69) is 10.00 Å². The molecular weight excluding hydrogens is 392 g/mol. The van der Waals surface area contributed by atoms with E-state index in [1.165, 1.54) is 10.2 Å². The molecule has 1 aliphatic rings. The van der Waals surface area contributed by atoms with Crippen LogP contribution in [0.2, 0.25) is 0 Å². The highest BCUT2D eigenvalue weighted by Crippen LogP contribution is 2.16. The lowest BCUT2D eigenvalue weighted by atomic mass is 10.1. The molecule has 3 aromatic rings. The number of aryl methyl sites for hydroxylation is 2. The van der Waals surface area contributed by atoms with E-state index in [9.17, 15) is 9.59 Å². The van der Waals surface area contributed by atoms with Gasteiger partial charge in [-0.3, -0.25) is 9.59 Å². The molecule has 2 heterocycles. The van der Waals surface area contributed by atoms with Gasteiger partial charge in [-0.25, -0.2) is 0 Å². The van der Waals surface area contributed by atoms with Gasteiger partial charge in [0.25, 0.3) is 11.5 Å². The van der Waals surface area contributed by atoms with Crippen LogP contribution in [0.25, 0.3) is 5.69 Å². The van der Waals surface area contributed by atoms with E-state index < -0.39 is 0 Å². The number of carbonyl (C=O) groups is 1. The third-order valence-electron chi connectivity index (χ3n) is 5.58. The Hall–Kier alpha value is -3.61. The minimum atomic E-state index is -0.168. The Kier molecular flexibility index (Phi) is 6.02. The minimum Gasteiger partial charge on any atom is -0.484 e. The Morgan fingerprint density at radius 3 is 2.39 bits per heavy atom. The summed E-state index contributed by atoms with van der Waals surface area (Å²) in [6.45, 7) is 6.55. The van der Waals surface area contributed by atoms with Gasteiger partial charge in [-0.05, 0) is 55.3 Å². The lowest BCUT2D eigenvalue weighted by Gasteiger charge is -2.35. The highest BCUT2D eigenvalue weighted by molar-refractivity contribution is 5.78. The van der Waals surface area contributed by atoms with Crippen LogP contribution in [0.3, 0.4) is 0 Å². The molecule has 1 fully saturated rings. The molecule has 0 saturated carbocycles. The Balaban J connectivity index is 1.40. The molecule has 1 aliphatic heterocycles. The first-order valence-electron chi connectivity index (χ1n) is 10.4. The van der Waals surface area contributed by atoms with E-state index in [0.717, 1.165) is 17.1 Å². The van der Waals surface area contributed by atoms with Gasteiger partial charge in [0.2, 0.25) is 0 Å². The summed E-state index contributed by atoms with van der Waals surface area (Å²) in [5, 5.41) is 4.58. The van der Waals surface area contributed by atoms with Gasteiger partial charge in [0, 0.05) is 32.2 Å². The molecule has 2 aromatic carbocycles. The van der Waals surface area contributed by atoms with Crippen LogP contribution in [-0.4, -0.2) is 53.4 Å². The van der Waals surface area contributed by atoms with Crippen LogP contribution in [0.15, 0.2) is 65.5 Å². The third kappa shape index (κ3) is 4.77. The first kappa shape index (κ1) is 20.7. The average Bonchev–Trinajstić information content (AvgIpc) is 2.80. The molecule has 0 atom stereocenters. The molecule has 1 saturated heterocycles. The largest absolute Gasteiger partial charge is 0.484 e. The first-order chi connectivity index (χ1) is 15.0. The van der Waals surface area contributed by atoms with Gasteiger partial charge in [0.1, 0.15) is 11.6 Å². The topological polar surface area (TPSA) is 67.7 Å². The molecule has 0 radical (unpaired) electrons. The summed E-state index contributed by atoms with van der Waals surface area (Å²) in [4.78, 5) is 28.8. The number of hydrogen-bond donors (Lipinski definition) is 0. The van der Waals surface area contributed by atoms with E-state index in [-0.39, 0.29) is 18.1 Å². The molecule has 0 bridgehead atoms. The molecule has 1 aromatic heterocycles. The molecular formula is C24H26N4O3. The second-order valence-electron chi connectivity index (χ2n) is 7.68. The van der Waals surface area contributed by atoms with Crippen molar-refractivity contribution in [2.75, 3.05) is 37.7 Å². The molecule has 7 nitrogen and oxygen atoms in total. The van der Waals surface area contributed by atoms with Gasteiger partial charge in [0.05, 0.1) is 5.69 Å². The summed E-state index contributed by atoms with van der Waals surface area (Å²) in [6, 6.07) is 18.5. The number of nitrogens with zero attached hydrogens (tertiary/aromatic N) is 4.